The molecule has 0 aromatic heterocycles. The van der Waals surface area contributed by atoms with Gasteiger partial charge in [-0.25, -0.2) is 19.3 Å². The van der Waals surface area contributed by atoms with E-state index in [-0.39, 0.29) is 104 Å². The standard InChI is InChI=1S/C78H98N6O24/c1-95-51-17-15-48(16-18-51)49-37-50-43-80-57-40-64(62(96-2)38-54(57)71(89)83(50)44-49)103-26-10-7-11-27-104-65-41-59-55(39-63(65)97-3)72(90)82-25-23-78(21-22-78)42-60(82)73(98-4)84(59)77(94)106-45-47-14-19-61(107-75-69(88)67(86)68(87)70(108-75)74(91)92)58(36-47)81-66(85)20-28-99-30-32-101-34-35-102-33-31-100-29-24-79-76(93)105-46-56-52-12-8-5-6-9-13-53(52)56/h14-19,36,38-41,44,50,52-53,56,60,67-70,73,75,80,86-88H,7-13,20-35,37,42-43,45-46H2,1-4H3,(H,79,93)(H,81,85)(H,91,92)/t50-,52-,53+,56?,60-,67-,68-,69+,70-,73-,75+/m0/s1. The molecule has 2 saturated carbocycles. The lowest BCUT2D eigenvalue weighted by atomic mass is 9.87. The summed E-state index contributed by atoms with van der Waals surface area (Å²) in [5.74, 6) is 7.34. The number of alkyl carbamates (subject to hydrolysis) is 1. The van der Waals surface area contributed by atoms with Crippen molar-refractivity contribution >= 4 is 58.5 Å². The number of carboxylic acid groups (broad SMARTS) is 1. The number of carbonyl (C=O) groups is 6. The fourth-order valence-corrected chi connectivity index (χ4v) is 15.0. The molecule has 12 rings (SSSR count). The summed E-state index contributed by atoms with van der Waals surface area (Å²) < 4.78 is 81.2. The molecule has 11 atom stereocenters. The number of amides is 5. The molecule has 584 valence electrons. The largest absolute Gasteiger partial charge is 0.497 e. The number of anilines is 3. The number of benzene rings is 4. The zero-order valence-corrected chi connectivity index (χ0v) is 61.4. The van der Waals surface area contributed by atoms with Crippen LogP contribution in [-0.2, 0) is 54.1 Å². The van der Waals surface area contributed by atoms with E-state index < -0.39 is 73.6 Å². The van der Waals surface area contributed by atoms with Crippen LogP contribution in [0.2, 0.25) is 0 Å². The Balaban J connectivity index is 0.635. The van der Waals surface area contributed by atoms with E-state index in [1.54, 1.807) is 35.1 Å². The molecule has 8 aliphatic rings. The number of methoxy groups -OCH3 is 4. The first-order valence-electron chi connectivity index (χ1n) is 37.1. The predicted octanol–water partition coefficient (Wildman–Crippen LogP) is 7.37. The Morgan fingerprint density at radius 1 is 0.685 bits per heavy atom. The van der Waals surface area contributed by atoms with E-state index in [1.165, 1.54) is 44.4 Å². The molecule has 2 saturated heterocycles. The molecule has 4 fully saturated rings. The maximum Gasteiger partial charge on any atom is 0.416 e. The van der Waals surface area contributed by atoms with Crippen molar-refractivity contribution in [2.45, 2.75) is 139 Å². The average Bonchev–Trinajstić information content (AvgIpc) is 1.58. The van der Waals surface area contributed by atoms with Gasteiger partial charge in [-0.05, 0) is 140 Å². The highest BCUT2D eigenvalue weighted by molar-refractivity contribution is 6.06. The van der Waals surface area contributed by atoms with Gasteiger partial charge in [0.1, 0.15) is 36.4 Å². The lowest BCUT2D eigenvalue weighted by molar-refractivity contribution is -0.271. The highest BCUT2D eigenvalue weighted by Gasteiger charge is 2.55. The van der Waals surface area contributed by atoms with E-state index in [0.29, 0.717) is 131 Å². The number of carbonyl (C=O) groups excluding carboxylic acids is 5. The van der Waals surface area contributed by atoms with Gasteiger partial charge in [0, 0.05) is 57.9 Å². The third kappa shape index (κ3) is 19.1. The highest BCUT2D eigenvalue weighted by Crippen LogP contribution is 2.57. The number of hydrogen-bond acceptors (Lipinski definition) is 24. The molecule has 5 amide bonds. The van der Waals surface area contributed by atoms with Crippen molar-refractivity contribution in [3.05, 3.63) is 95.2 Å². The Morgan fingerprint density at radius 3 is 2.01 bits per heavy atom. The van der Waals surface area contributed by atoms with E-state index in [1.807, 2.05) is 36.5 Å². The van der Waals surface area contributed by atoms with Crippen LogP contribution in [0.25, 0.3) is 5.57 Å². The van der Waals surface area contributed by atoms with Gasteiger partial charge in [0.25, 0.3) is 11.8 Å². The van der Waals surface area contributed by atoms with Crippen LogP contribution in [0, 0.1) is 35.0 Å². The van der Waals surface area contributed by atoms with Gasteiger partial charge < -0.3 is 112 Å². The second-order valence-corrected chi connectivity index (χ2v) is 28.1. The predicted molar refractivity (Wildman–Crippen MR) is 388 cm³/mol. The molecular weight excluding hydrogens is 1400 g/mol. The van der Waals surface area contributed by atoms with E-state index in [4.69, 9.17) is 66.3 Å². The van der Waals surface area contributed by atoms with Gasteiger partial charge in [-0.15, -0.1) is 11.8 Å². The Labute approximate surface area is 626 Å². The molecule has 108 heavy (non-hydrogen) atoms. The smallest absolute Gasteiger partial charge is 0.416 e. The summed E-state index contributed by atoms with van der Waals surface area (Å²) >= 11 is 0. The van der Waals surface area contributed by atoms with Gasteiger partial charge in [-0.2, -0.15) is 0 Å². The Morgan fingerprint density at radius 2 is 1.35 bits per heavy atom. The lowest BCUT2D eigenvalue weighted by Gasteiger charge is -2.43. The van der Waals surface area contributed by atoms with Crippen molar-refractivity contribution in [3.63, 3.8) is 0 Å². The van der Waals surface area contributed by atoms with Crippen LogP contribution in [0.3, 0.4) is 0 Å². The average molecular weight is 1500 g/mol. The molecule has 0 bridgehead atoms. The fourth-order valence-electron chi connectivity index (χ4n) is 15.0. The van der Waals surface area contributed by atoms with Crippen molar-refractivity contribution in [1.29, 1.82) is 0 Å². The zero-order valence-electron chi connectivity index (χ0n) is 61.4. The molecule has 1 unspecified atom stereocenters. The molecule has 4 aromatic rings. The zero-order chi connectivity index (χ0) is 75.8. The van der Waals surface area contributed by atoms with Gasteiger partial charge in [0.05, 0.1) is 141 Å². The minimum atomic E-state index is -2.00. The molecule has 7 N–H and O–H groups in total. The summed E-state index contributed by atoms with van der Waals surface area (Å²) in [4.78, 5) is 86.7. The number of unbranched alkanes of at least 4 members (excludes halogenated alkanes) is 2. The van der Waals surface area contributed by atoms with Gasteiger partial charge in [-0.1, -0.05) is 18.2 Å². The number of nitrogens with zero attached hydrogens (tertiary/aromatic N) is 3. The summed E-state index contributed by atoms with van der Waals surface area (Å²) in [6.45, 7) is 3.57. The molecule has 0 radical (unpaired) electrons. The number of aliphatic hydroxyl groups is 3. The number of piperidine rings is 1. The highest BCUT2D eigenvalue weighted by atomic mass is 16.7. The first-order valence-corrected chi connectivity index (χ1v) is 37.1. The maximum absolute atomic E-state index is 15.1. The molecule has 30 heteroatoms. The van der Waals surface area contributed by atoms with Crippen LogP contribution in [0.15, 0.2) is 72.9 Å². The minimum absolute atomic E-state index is 0.0121. The van der Waals surface area contributed by atoms with Gasteiger partial charge in [-0.3, -0.25) is 14.4 Å². The van der Waals surface area contributed by atoms with Crippen LogP contribution >= 0.6 is 0 Å². The number of rotatable bonds is 36. The number of hydrogen-bond donors (Lipinski definition) is 7. The second kappa shape index (κ2) is 36.8. The quantitative estimate of drug-likeness (QED) is 0.0173. The number of fused-ring (bicyclic) bond motifs is 5. The van der Waals surface area contributed by atoms with Crippen molar-refractivity contribution in [1.82, 2.24) is 15.1 Å². The van der Waals surface area contributed by atoms with E-state index in [0.717, 1.165) is 61.8 Å². The lowest BCUT2D eigenvalue weighted by Crippen LogP contribution is -2.61. The third-order valence-electron chi connectivity index (χ3n) is 21.2. The molecule has 30 nitrogen and oxygen atoms in total. The van der Waals surface area contributed by atoms with Gasteiger partial charge in [0.15, 0.2) is 35.3 Å². The van der Waals surface area contributed by atoms with Crippen LogP contribution in [0.5, 0.6) is 34.5 Å². The second-order valence-electron chi connectivity index (χ2n) is 28.1. The Kier molecular flexibility index (Phi) is 26.7. The van der Waals surface area contributed by atoms with E-state index in [2.05, 4.69) is 27.8 Å². The number of aliphatic carboxylic acids is 1. The first-order chi connectivity index (χ1) is 52.5. The molecule has 5 aliphatic heterocycles. The van der Waals surface area contributed by atoms with Gasteiger partial charge in [0.2, 0.25) is 12.2 Å². The SMILES string of the molecule is COc1ccc(C2=CN3C(=O)c4cc(OC)c(OCCCCCOc5cc6c(cc5OC)C(=O)N5CCC7(CC7)C[C@H]5[C@H](OC)N6C(=O)OCc5ccc(O[C@@H]6O[C@H](C(=O)O)[C@@H](O)[C@H](O)[C@H]6O)c(NC(=O)CCOCCOCCOCCOCCNC(=O)OCC6[C@H]7CCC#CCC[C@@H]67)c5)cc4NC[C@@H]3C2)cc1. The van der Waals surface area contributed by atoms with Crippen LogP contribution in [0.4, 0.5) is 26.7 Å². The molecule has 4 aromatic carbocycles. The fraction of sp³-hybridized carbons (Fsp3) is 0.564. The molecule has 5 heterocycles. The monoisotopic (exact) mass is 1500 g/mol. The summed E-state index contributed by atoms with van der Waals surface area (Å²) in [6.07, 6.45) is -0.621. The van der Waals surface area contributed by atoms with Crippen molar-refractivity contribution in [2.75, 3.05) is 136 Å². The Bertz CT molecular complexity index is 3900. The number of nitrogens with one attached hydrogen (secondary N) is 3. The molecular formula is C78H98N6O24. The van der Waals surface area contributed by atoms with Crippen molar-refractivity contribution in [3.8, 4) is 46.3 Å². The summed E-state index contributed by atoms with van der Waals surface area (Å²) in [5.41, 5.74) is 3.77. The van der Waals surface area contributed by atoms with Crippen LogP contribution < -0.4 is 49.3 Å². The van der Waals surface area contributed by atoms with Crippen LogP contribution in [0.1, 0.15) is 115 Å². The normalized spacial score (nSPS) is 24.2. The molecule has 3 aliphatic carbocycles. The minimum Gasteiger partial charge on any atom is -0.497 e. The first kappa shape index (κ1) is 78.4. The van der Waals surface area contributed by atoms with E-state index >= 15 is 4.79 Å². The molecule has 1 spiro atoms. The topological polar surface area (TPSA) is 358 Å². The Hall–Kier alpha value is -9.16. The van der Waals surface area contributed by atoms with Crippen molar-refractivity contribution in [2.24, 2.45) is 23.2 Å². The number of aliphatic hydroxyl groups excluding tert-OH is 3. The number of ether oxygens (including phenoxy) is 14. The summed E-state index contributed by atoms with van der Waals surface area (Å²) in [5, 5.41) is 50.7. The van der Waals surface area contributed by atoms with Crippen molar-refractivity contribution < 1.29 is 116 Å². The summed E-state index contributed by atoms with van der Waals surface area (Å²) in [7, 11) is 6.09. The maximum atomic E-state index is 15.1. The summed E-state index contributed by atoms with van der Waals surface area (Å²) in [6, 6.07) is 18.1. The van der Waals surface area contributed by atoms with E-state index in [9.17, 15) is 44.4 Å². The van der Waals surface area contributed by atoms with Gasteiger partial charge >= 0.3 is 18.2 Å². The third-order valence-corrected chi connectivity index (χ3v) is 21.2. The number of carboxylic acids is 1. The van der Waals surface area contributed by atoms with Crippen LogP contribution in [-0.4, -0.2) is 236 Å².